The topological polar surface area (TPSA) is 92.0 Å². The molecule has 0 saturated carbocycles. The van der Waals surface area contributed by atoms with E-state index in [4.69, 9.17) is 18.6 Å². The molecule has 0 radical (unpaired) electrons. The van der Waals surface area contributed by atoms with E-state index in [2.05, 4.69) is 0 Å². The Hall–Kier alpha value is -2.57. The maximum Gasteiger partial charge on any atom is 0.335 e. The lowest BCUT2D eigenvalue weighted by Gasteiger charge is -2.40. The molecular formula is C17H16O7. The second kappa shape index (κ2) is 4.96. The number of rotatable bonds is 2. The molecule has 3 aliphatic rings. The van der Waals surface area contributed by atoms with E-state index < -0.39 is 35.5 Å². The lowest BCUT2D eigenvalue weighted by atomic mass is 9.68. The van der Waals surface area contributed by atoms with E-state index in [-0.39, 0.29) is 12.5 Å². The predicted octanol–water partition coefficient (Wildman–Crippen LogP) is 1.83. The van der Waals surface area contributed by atoms with Gasteiger partial charge in [0.2, 0.25) is 0 Å². The first-order chi connectivity index (χ1) is 11.4. The van der Waals surface area contributed by atoms with Gasteiger partial charge < -0.3 is 18.6 Å². The molecule has 1 fully saturated rings. The van der Waals surface area contributed by atoms with Crippen molar-refractivity contribution in [3.8, 4) is 0 Å². The molecule has 3 heterocycles. The van der Waals surface area contributed by atoms with Crippen molar-refractivity contribution in [2.75, 3.05) is 0 Å². The molecule has 1 aliphatic carbocycles. The number of cyclic esters (lactones) is 1. The summed E-state index contributed by atoms with van der Waals surface area (Å²) in [6.45, 7) is 3.01. The maximum absolute atomic E-state index is 12.5. The number of carbonyl (C=O) groups excluding carboxylic acids is 3. The van der Waals surface area contributed by atoms with Gasteiger partial charge in [0.25, 0.3) is 0 Å². The second-order valence-electron chi connectivity index (χ2n) is 6.57. The lowest BCUT2D eigenvalue weighted by molar-refractivity contribution is -0.167. The van der Waals surface area contributed by atoms with Crippen LogP contribution in [0.5, 0.6) is 0 Å². The average molecular weight is 332 g/mol. The standard InChI is InChI=1S/C17H16O7/c1-8(18)22-14-12-11(5-10-6-17(12,2)16(20)23-10)15(19)24-13(14)9-3-4-21-7-9/h3-4,7,10,13-14H,5-6H2,1-2H3. The van der Waals surface area contributed by atoms with Gasteiger partial charge in [-0.05, 0) is 13.0 Å². The van der Waals surface area contributed by atoms with Gasteiger partial charge in [0.15, 0.2) is 12.2 Å². The summed E-state index contributed by atoms with van der Waals surface area (Å²) in [4.78, 5) is 36.6. The maximum atomic E-state index is 12.5. The summed E-state index contributed by atoms with van der Waals surface area (Å²) >= 11 is 0. The highest BCUT2D eigenvalue weighted by atomic mass is 16.6. The van der Waals surface area contributed by atoms with Crippen LogP contribution in [0.4, 0.5) is 0 Å². The van der Waals surface area contributed by atoms with Crippen LogP contribution in [-0.2, 0) is 28.6 Å². The summed E-state index contributed by atoms with van der Waals surface area (Å²) in [7, 11) is 0. The molecule has 0 N–H and O–H groups in total. The number of esters is 3. The molecule has 2 bridgehead atoms. The van der Waals surface area contributed by atoms with Gasteiger partial charge >= 0.3 is 17.9 Å². The first-order valence-electron chi connectivity index (χ1n) is 7.75. The van der Waals surface area contributed by atoms with Gasteiger partial charge in [-0.25, -0.2) is 4.79 Å². The van der Waals surface area contributed by atoms with Crippen molar-refractivity contribution in [3.05, 3.63) is 35.3 Å². The van der Waals surface area contributed by atoms with Crippen LogP contribution in [0.1, 0.15) is 38.4 Å². The molecule has 126 valence electrons. The number of furan rings is 1. The van der Waals surface area contributed by atoms with Crippen molar-refractivity contribution < 1.29 is 33.0 Å². The fraction of sp³-hybridized carbons (Fsp3) is 0.471. The summed E-state index contributed by atoms with van der Waals surface area (Å²) < 4.78 is 21.4. The Morgan fingerprint density at radius 3 is 2.79 bits per heavy atom. The Bertz CT molecular complexity index is 760. The molecule has 24 heavy (non-hydrogen) atoms. The van der Waals surface area contributed by atoms with E-state index in [9.17, 15) is 14.4 Å². The van der Waals surface area contributed by atoms with Gasteiger partial charge in [0.05, 0.1) is 17.9 Å². The van der Waals surface area contributed by atoms with Gasteiger partial charge in [-0.1, -0.05) is 0 Å². The first-order valence-corrected chi connectivity index (χ1v) is 7.75. The van der Waals surface area contributed by atoms with Crippen LogP contribution in [0, 0.1) is 5.41 Å². The van der Waals surface area contributed by atoms with Crippen molar-refractivity contribution in [2.45, 2.75) is 45.0 Å². The minimum Gasteiger partial charge on any atom is -0.472 e. The van der Waals surface area contributed by atoms with E-state index in [1.807, 2.05) is 0 Å². The van der Waals surface area contributed by atoms with Crippen molar-refractivity contribution in [3.63, 3.8) is 0 Å². The van der Waals surface area contributed by atoms with Crippen molar-refractivity contribution in [1.82, 2.24) is 0 Å². The number of carbonyl (C=O) groups is 3. The molecule has 0 spiro atoms. The predicted molar refractivity (Wildman–Crippen MR) is 77.3 cm³/mol. The highest BCUT2D eigenvalue weighted by Gasteiger charge is 2.59. The van der Waals surface area contributed by atoms with Crippen molar-refractivity contribution in [2.24, 2.45) is 5.41 Å². The molecule has 1 aromatic heterocycles. The smallest absolute Gasteiger partial charge is 0.335 e. The van der Waals surface area contributed by atoms with Crippen LogP contribution < -0.4 is 0 Å². The molecule has 7 heteroatoms. The SMILES string of the molecule is CC(=O)OC1C2=C(CC3CC2(C)C(=O)O3)C(=O)OC1c1ccoc1. The molecule has 1 aromatic rings. The van der Waals surface area contributed by atoms with E-state index in [1.165, 1.54) is 19.5 Å². The fourth-order valence-corrected chi connectivity index (χ4v) is 3.92. The highest BCUT2D eigenvalue weighted by molar-refractivity contribution is 5.96. The van der Waals surface area contributed by atoms with E-state index in [1.54, 1.807) is 13.0 Å². The zero-order valence-electron chi connectivity index (χ0n) is 13.2. The zero-order valence-corrected chi connectivity index (χ0v) is 13.2. The second-order valence-corrected chi connectivity index (χ2v) is 6.57. The number of ether oxygens (including phenoxy) is 3. The molecule has 4 unspecified atom stereocenters. The summed E-state index contributed by atoms with van der Waals surface area (Å²) in [5.41, 5.74) is 0.461. The first kappa shape index (κ1) is 15.0. The zero-order chi connectivity index (χ0) is 17.1. The lowest BCUT2D eigenvalue weighted by Crippen LogP contribution is -2.45. The van der Waals surface area contributed by atoms with Crippen LogP contribution in [0.3, 0.4) is 0 Å². The summed E-state index contributed by atoms with van der Waals surface area (Å²) in [5.74, 6) is -1.42. The largest absolute Gasteiger partial charge is 0.472 e. The van der Waals surface area contributed by atoms with Crippen LogP contribution >= 0.6 is 0 Å². The molecule has 1 saturated heterocycles. The van der Waals surface area contributed by atoms with Gasteiger partial charge in [0, 0.05) is 36.5 Å². The van der Waals surface area contributed by atoms with E-state index in [0.29, 0.717) is 23.1 Å². The summed E-state index contributed by atoms with van der Waals surface area (Å²) in [6, 6.07) is 1.64. The Kier molecular flexibility index (Phi) is 3.10. The third-order valence-corrected chi connectivity index (χ3v) is 4.92. The molecule has 2 aliphatic heterocycles. The number of fused-ring (bicyclic) bond motifs is 3. The molecule has 7 nitrogen and oxygen atoms in total. The van der Waals surface area contributed by atoms with Gasteiger partial charge in [-0.2, -0.15) is 0 Å². The van der Waals surface area contributed by atoms with Crippen LogP contribution in [0.25, 0.3) is 0 Å². The Labute approximate surface area is 137 Å². The molecule has 4 rings (SSSR count). The highest BCUT2D eigenvalue weighted by Crippen LogP contribution is 2.54. The minimum absolute atomic E-state index is 0.283. The Morgan fingerprint density at radius 2 is 2.12 bits per heavy atom. The third-order valence-electron chi connectivity index (χ3n) is 4.92. The van der Waals surface area contributed by atoms with E-state index in [0.717, 1.165) is 0 Å². The third kappa shape index (κ3) is 2.00. The Balaban J connectivity index is 1.87. The van der Waals surface area contributed by atoms with Crippen molar-refractivity contribution >= 4 is 17.9 Å². The molecule has 0 amide bonds. The summed E-state index contributed by atoms with van der Waals surface area (Å²) in [6.07, 6.45) is 1.57. The summed E-state index contributed by atoms with van der Waals surface area (Å²) in [5, 5.41) is 0. The molecule has 0 aromatic carbocycles. The average Bonchev–Trinajstić information content (AvgIpc) is 3.10. The van der Waals surface area contributed by atoms with Gasteiger partial charge in [0.1, 0.15) is 6.10 Å². The van der Waals surface area contributed by atoms with Crippen molar-refractivity contribution in [1.29, 1.82) is 0 Å². The van der Waals surface area contributed by atoms with Crippen LogP contribution in [-0.4, -0.2) is 30.1 Å². The Morgan fingerprint density at radius 1 is 1.33 bits per heavy atom. The minimum atomic E-state index is -0.986. The normalized spacial score (nSPS) is 34.5. The molecule has 4 atom stereocenters. The van der Waals surface area contributed by atoms with Gasteiger partial charge in [-0.3, -0.25) is 9.59 Å². The van der Waals surface area contributed by atoms with Crippen LogP contribution in [0.2, 0.25) is 0 Å². The quantitative estimate of drug-likeness (QED) is 0.602. The monoisotopic (exact) mass is 332 g/mol. The molecular weight excluding hydrogens is 316 g/mol. The van der Waals surface area contributed by atoms with E-state index >= 15 is 0 Å². The number of hydrogen-bond acceptors (Lipinski definition) is 7. The van der Waals surface area contributed by atoms with Crippen LogP contribution in [0.15, 0.2) is 34.2 Å². The number of hydrogen-bond donors (Lipinski definition) is 0. The van der Waals surface area contributed by atoms with Gasteiger partial charge in [-0.15, -0.1) is 0 Å². The fourth-order valence-electron chi connectivity index (χ4n) is 3.92.